The predicted octanol–water partition coefficient (Wildman–Crippen LogP) is 1.19. The second-order valence-corrected chi connectivity index (χ2v) is 5.68. The molecule has 3 N–H and O–H groups in total. The van der Waals surface area contributed by atoms with Crippen molar-refractivity contribution in [1.29, 1.82) is 0 Å². The Morgan fingerprint density at radius 2 is 1.95 bits per heavy atom. The van der Waals surface area contributed by atoms with Crippen molar-refractivity contribution in [2.45, 2.75) is 11.8 Å². The van der Waals surface area contributed by atoms with Gasteiger partial charge in [0.2, 0.25) is 5.56 Å². The van der Waals surface area contributed by atoms with Crippen LogP contribution in [0.5, 0.6) is 5.75 Å². The van der Waals surface area contributed by atoms with E-state index >= 15 is 0 Å². The van der Waals surface area contributed by atoms with Crippen molar-refractivity contribution in [1.82, 2.24) is 4.98 Å². The minimum atomic E-state index is -3.76. The fourth-order valence-corrected chi connectivity index (χ4v) is 2.51. The van der Waals surface area contributed by atoms with Crippen LogP contribution in [0.4, 0.5) is 5.69 Å². The van der Waals surface area contributed by atoms with Gasteiger partial charge in [-0.1, -0.05) is 0 Å². The summed E-state index contributed by atoms with van der Waals surface area (Å²) in [6.45, 7) is 1.66. The van der Waals surface area contributed by atoms with Crippen LogP contribution in [0, 0.1) is 6.92 Å². The van der Waals surface area contributed by atoms with Crippen LogP contribution in [-0.4, -0.2) is 18.5 Å². The topological polar surface area (TPSA) is 99.3 Å². The average molecular weight is 280 g/mol. The molecule has 1 heterocycles. The number of rotatable bonds is 3. The van der Waals surface area contributed by atoms with E-state index in [4.69, 9.17) is 0 Å². The van der Waals surface area contributed by atoms with Crippen LogP contribution in [0.1, 0.15) is 5.56 Å². The Kier molecular flexibility index (Phi) is 3.30. The molecule has 2 rings (SSSR count). The van der Waals surface area contributed by atoms with Gasteiger partial charge in [-0.3, -0.25) is 9.52 Å². The van der Waals surface area contributed by atoms with Crippen molar-refractivity contribution < 1.29 is 13.5 Å². The fourth-order valence-electron chi connectivity index (χ4n) is 1.50. The van der Waals surface area contributed by atoms with E-state index in [0.717, 1.165) is 12.3 Å². The lowest BCUT2D eigenvalue weighted by atomic mass is 10.2. The standard InChI is InChI=1S/C12H12N2O4S/c1-8-6-9(2-4-11(8)15)14-19(17,18)10-3-5-12(16)13-7-10/h2-7,14-15H,1H3,(H,13,16). The van der Waals surface area contributed by atoms with Crippen molar-refractivity contribution in [3.05, 3.63) is 52.4 Å². The number of hydrogen-bond acceptors (Lipinski definition) is 4. The van der Waals surface area contributed by atoms with E-state index in [9.17, 15) is 18.3 Å². The lowest BCUT2D eigenvalue weighted by Gasteiger charge is -2.09. The van der Waals surface area contributed by atoms with Gasteiger partial charge in [0.1, 0.15) is 10.6 Å². The molecule has 7 heteroatoms. The lowest BCUT2D eigenvalue weighted by Crippen LogP contribution is -2.15. The summed E-state index contributed by atoms with van der Waals surface area (Å²) in [7, 11) is -3.76. The molecule has 0 atom stereocenters. The third-order valence-corrected chi connectivity index (χ3v) is 3.89. The summed E-state index contributed by atoms with van der Waals surface area (Å²) < 4.78 is 26.4. The quantitative estimate of drug-likeness (QED) is 0.735. The number of aryl methyl sites for hydroxylation is 1. The van der Waals surface area contributed by atoms with Gasteiger partial charge in [0.05, 0.1) is 0 Å². The first-order valence-corrected chi connectivity index (χ1v) is 6.88. The van der Waals surface area contributed by atoms with Crippen molar-refractivity contribution in [3.63, 3.8) is 0 Å². The predicted molar refractivity (Wildman–Crippen MR) is 70.7 cm³/mol. The summed E-state index contributed by atoms with van der Waals surface area (Å²) >= 11 is 0. The number of sulfonamides is 1. The van der Waals surface area contributed by atoms with E-state index in [1.807, 2.05) is 0 Å². The molecule has 1 aromatic carbocycles. The number of hydrogen-bond donors (Lipinski definition) is 3. The smallest absolute Gasteiger partial charge is 0.263 e. The SMILES string of the molecule is Cc1cc(NS(=O)(=O)c2ccc(=O)[nH]c2)ccc1O. The highest BCUT2D eigenvalue weighted by Gasteiger charge is 2.14. The van der Waals surface area contributed by atoms with E-state index in [1.165, 1.54) is 24.3 Å². The lowest BCUT2D eigenvalue weighted by molar-refractivity contribution is 0.471. The van der Waals surface area contributed by atoms with Crippen LogP contribution in [0.25, 0.3) is 0 Å². The minimum Gasteiger partial charge on any atom is -0.508 e. The van der Waals surface area contributed by atoms with Gasteiger partial charge < -0.3 is 10.1 Å². The van der Waals surface area contributed by atoms with Gasteiger partial charge in [-0.15, -0.1) is 0 Å². The van der Waals surface area contributed by atoms with E-state index in [2.05, 4.69) is 9.71 Å². The van der Waals surface area contributed by atoms with Gasteiger partial charge in [-0.25, -0.2) is 8.42 Å². The van der Waals surface area contributed by atoms with Crippen molar-refractivity contribution in [2.24, 2.45) is 0 Å². The molecule has 0 aliphatic heterocycles. The number of nitrogens with one attached hydrogen (secondary N) is 2. The summed E-state index contributed by atoms with van der Waals surface area (Å²) in [5.41, 5.74) is 0.516. The maximum atomic E-state index is 12.0. The van der Waals surface area contributed by atoms with E-state index in [0.29, 0.717) is 11.3 Å². The second kappa shape index (κ2) is 4.77. The Morgan fingerprint density at radius 3 is 2.53 bits per heavy atom. The van der Waals surface area contributed by atoms with Gasteiger partial charge in [0.25, 0.3) is 10.0 Å². The van der Waals surface area contributed by atoms with Gasteiger partial charge in [0, 0.05) is 18.0 Å². The molecule has 100 valence electrons. The molecule has 0 spiro atoms. The van der Waals surface area contributed by atoms with Gasteiger partial charge in [-0.05, 0) is 36.8 Å². The molecule has 0 aliphatic carbocycles. The van der Waals surface area contributed by atoms with Crippen LogP contribution in [0.3, 0.4) is 0 Å². The number of benzene rings is 1. The van der Waals surface area contributed by atoms with E-state index in [-0.39, 0.29) is 16.2 Å². The maximum absolute atomic E-state index is 12.0. The van der Waals surface area contributed by atoms with E-state index in [1.54, 1.807) is 6.92 Å². The highest BCUT2D eigenvalue weighted by atomic mass is 32.2. The number of phenols is 1. The first-order valence-electron chi connectivity index (χ1n) is 5.40. The molecule has 0 aliphatic rings. The van der Waals surface area contributed by atoms with Gasteiger partial charge in [-0.2, -0.15) is 0 Å². The third kappa shape index (κ3) is 2.94. The van der Waals surface area contributed by atoms with Gasteiger partial charge in [0.15, 0.2) is 0 Å². The fraction of sp³-hybridized carbons (Fsp3) is 0.0833. The normalized spacial score (nSPS) is 11.2. The molecule has 0 bridgehead atoms. The second-order valence-electron chi connectivity index (χ2n) is 4.00. The molecule has 0 saturated heterocycles. The zero-order valence-corrected chi connectivity index (χ0v) is 10.9. The summed E-state index contributed by atoms with van der Waals surface area (Å²) in [6.07, 6.45) is 1.12. The Balaban J connectivity index is 2.33. The molecule has 0 saturated carbocycles. The number of aromatic amines is 1. The van der Waals surface area contributed by atoms with Crippen LogP contribution >= 0.6 is 0 Å². The molecule has 0 amide bonds. The highest BCUT2D eigenvalue weighted by Crippen LogP contribution is 2.22. The Labute approximate surface area is 109 Å². The Bertz CT molecular complexity index is 745. The molecule has 19 heavy (non-hydrogen) atoms. The van der Waals surface area contributed by atoms with Crippen molar-refractivity contribution >= 4 is 15.7 Å². The average Bonchev–Trinajstić information content (AvgIpc) is 2.34. The number of anilines is 1. The maximum Gasteiger partial charge on any atom is 0.263 e. The number of aromatic hydroxyl groups is 1. The van der Waals surface area contributed by atoms with Crippen molar-refractivity contribution in [3.8, 4) is 5.75 Å². The number of pyridine rings is 1. The first kappa shape index (κ1) is 13.2. The summed E-state index contributed by atoms with van der Waals surface area (Å²) in [4.78, 5) is 13.1. The van der Waals surface area contributed by atoms with Gasteiger partial charge >= 0.3 is 0 Å². The zero-order valence-electron chi connectivity index (χ0n) is 10.0. The summed E-state index contributed by atoms with van der Waals surface area (Å²) in [5, 5.41) is 9.37. The number of phenolic OH excluding ortho intramolecular Hbond substituents is 1. The Morgan fingerprint density at radius 1 is 1.21 bits per heavy atom. The molecule has 0 unspecified atom stereocenters. The zero-order chi connectivity index (χ0) is 14.0. The highest BCUT2D eigenvalue weighted by molar-refractivity contribution is 7.92. The molecular formula is C12H12N2O4S. The molecule has 0 fully saturated rings. The minimum absolute atomic E-state index is 0.0437. The first-order chi connectivity index (χ1) is 8.88. The van der Waals surface area contributed by atoms with Crippen LogP contribution in [0.2, 0.25) is 0 Å². The third-order valence-electron chi connectivity index (χ3n) is 2.51. The number of aromatic nitrogens is 1. The van der Waals surface area contributed by atoms with Crippen LogP contribution < -0.4 is 10.3 Å². The molecular weight excluding hydrogens is 268 g/mol. The van der Waals surface area contributed by atoms with Crippen LogP contribution in [-0.2, 0) is 10.0 Å². The molecule has 6 nitrogen and oxygen atoms in total. The van der Waals surface area contributed by atoms with Crippen molar-refractivity contribution in [2.75, 3.05) is 4.72 Å². The summed E-state index contributed by atoms with van der Waals surface area (Å²) in [5.74, 6) is 0.0898. The van der Waals surface area contributed by atoms with E-state index < -0.39 is 10.0 Å². The molecule has 0 radical (unpaired) electrons. The monoisotopic (exact) mass is 280 g/mol. The largest absolute Gasteiger partial charge is 0.508 e. The molecule has 2 aromatic rings. The molecule has 1 aromatic heterocycles. The van der Waals surface area contributed by atoms with Crippen LogP contribution in [0.15, 0.2) is 46.2 Å². The number of H-pyrrole nitrogens is 1. The summed E-state index contributed by atoms with van der Waals surface area (Å²) in [6, 6.07) is 6.72. The Hall–Kier alpha value is -2.28.